The van der Waals surface area contributed by atoms with Gasteiger partial charge in [0.1, 0.15) is 11.8 Å². The molecule has 1 atom stereocenters. The van der Waals surface area contributed by atoms with Crippen LogP contribution in [0.15, 0.2) is 80.9 Å². The zero-order valence-corrected chi connectivity index (χ0v) is 16.8. The molecule has 0 saturated carbocycles. The predicted molar refractivity (Wildman–Crippen MR) is 112 cm³/mol. The highest BCUT2D eigenvalue weighted by molar-refractivity contribution is 9.10. The Morgan fingerprint density at radius 1 is 1.07 bits per heavy atom. The first-order valence-corrected chi connectivity index (χ1v) is 9.87. The molecule has 0 fully saturated rings. The van der Waals surface area contributed by atoms with Crippen molar-refractivity contribution in [3.63, 3.8) is 0 Å². The van der Waals surface area contributed by atoms with Gasteiger partial charge in [-0.15, -0.1) is 0 Å². The topological polar surface area (TPSA) is 56.2 Å². The van der Waals surface area contributed by atoms with Crippen molar-refractivity contribution in [2.24, 2.45) is 4.99 Å². The number of benzene rings is 1. The van der Waals surface area contributed by atoms with Crippen LogP contribution in [0.1, 0.15) is 29.6 Å². The van der Waals surface area contributed by atoms with E-state index >= 15 is 0 Å². The van der Waals surface area contributed by atoms with Crippen LogP contribution in [0, 0.1) is 6.92 Å². The van der Waals surface area contributed by atoms with E-state index in [0.717, 1.165) is 44.3 Å². The normalized spacial score (nSPS) is 15.9. The van der Waals surface area contributed by atoms with Crippen LogP contribution in [-0.2, 0) is 0 Å². The molecule has 1 aliphatic heterocycles. The Balaban J connectivity index is 1.72. The second-order valence-electron chi connectivity index (χ2n) is 6.75. The summed E-state index contributed by atoms with van der Waals surface area (Å²) in [6.07, 6.45) is 4.18. The molecule has 0 N–H and O–H groups in total. The summed E-state index contributed by atoms with van der Waals surface area (Å²) in [5.41, 5.74) is 4.95. The van der Waals surface area contributed by atoms with E-state index in [0.29, 0.717) is 6.42 Å². The molecule has 4 heterocycles. The second-order valence-corrected chi connectivity index (χ2v) is 7.66. The molecule has 0 aliphatic carbocycles. The number of pyridine rings is 1. The number of aliphatic imine (C=N–C) groups is 1. The van der Waals surface area contributed by atoms with Crippen LogP contribution in [-0.4, -0.2) is 20.5 Å². The molecule has 0 amide bonds. The number of fused-ring (bicyclic) bond motifs is 1. The van der Waals surface area contributed by atoms with E-state index in [-0.39, 0.29) is 6.04 Å². The molecule has 5 nitrogen and oxygen atoms in total. The standard InChI is InChI=1S/C22H17BrN4O/c1-14-21(15-7-9-16(23)10-8-15)22-25-18(20-6-4-12-28-20)13-19(27(22)26-14)17-5-2-3-11-24-17/h2-12,19H,13H2,1H3/t19-/m1/s1. The van der Waals surface area contributed by atoms with Crippen molar-refractivity contribution in [3.05, 3.63) is 88.7 Å². The lowest BCUT2D eigenvalue weighted by Crippen LogP contribution is -2.21. The predicted octanol–water partition coefficient (Wildman–Crippen LogP) is 5.72. The van der Waals surface area contributed by atoms with Gasteiger partial charge in [0.2, 0.25) is 0 Å². The Kier molecular flexibility index (Phi) is 4.20. The molecule has 4 aromatic rings. The first-order chi connectivity index (χ1) is 13.7. The van der Waals surface area contributed by atoms with Gasteiger partial charge in [-0.05, 0) is 48.9 Å². The molecule has 0 saturated heterocycles. The fraction of sp³-hybridized carbons (Fsp3) is 0.136. The largest absolute Gasteiger partial charge is 0.463 e. The van der Waals surface area contributed by atoms with Gasteiger partial charge < -0.3 is 4.42 Å². The molecule has 6 heteroatoms. The number of hydrogen-bond donors (Lipinski definition) is 0. The van der Waals surface area contributed by atoms with Gasteiger partial charge in [0.25, 0.3) is 0 Å². The van der Waals surface area contributed by atoms with Crippen LogP contribution in [0.2, 0.25) is 0 Å². The van der Waals surface area contributed by atoms with Crippen molar-refractivity contribution in [2.75, 3.05) is 0 Å². The van der Waals surface area contributed by atoms with Crippen LogP contribution in [0.4, 0.5) is 5.82 Å². The maximum Gasteiger partial charge on any atom is 0.159 e. The van der Waals surface area contributed by atoms with E-state index in [2.05, 4.69) is 33.0 Å². The molecule has 138 valence electrons. The van der Waals surface area contributed by atoms with Crippen molar-refractivity contribution < 1.29 is 4.42 Å². The number of aryl methyl sites for hydroxylation is 1. The van der Waals surface area contributed by atoms with Crippen LogP contribution < -0.4 is 0 Å². The third-order valence-corrected chi connectivity index (χ3v) is 5.48. The molecule has 1 aliphatic rings. The highest BCUT2D eigenvalue weighted by Crippen LogP contribution is 2.41. The molecular formula is C22H17BrN4O. The maximum atomic E-state index is 5.65. The van der Waals surface area contributed by atoms with Crippen molar-refractivity contribution in [1.82, 2.24) is 14.8 Å². The Morgan fingerprint density at radius 3 is 2.64 bits per heavy atom. The third-order valence-electron chi connectivity index (χ3n) is 4.95. The Hall–Kier alpha value is -2.99. The zero-order chi connectivity index (χ0) is 19.1. The third kappa shape index (κ3) is 2.90. The molecule has 0 bridgehead atoms. The van der Waals surface area contributed by atoms with Gasteiger partial charge in [-0.2, -0.15) is 5.10 Å². The van der Waals surface area contributed by atoms with Gasteiger partial charge in [-0.1, -0.05) is 34.1 Å². The Morgan fingerprint density at radius 2 is 1.93 bits per heavy atom. The monoisotopic (exact) mass is 432 g/mol. The van der Waals surface area contributed by atoms with Crippen molar-refractivity contribution in [1.29, 1.82) is 0 Å². The van der Waals surface area contributed by atoms with E-state index in [9.17, 15) is 0 Å². The van der Waals surface area contributed by atoms with E-state index in [4.69, 9.17) is 14.5 Å². The lowest BCUT2D eigenvalue weighted by Gasteiger charge is -2.23. The highest BCUT2D eigenvalue weighted by Gasteiger charge is 2.31. The lowest BCUT2D eigenvalue weighted by molar-refractivity contribution is 0.505. The van der Waals surface area contributed by atoms with E-state index in [1.165, 1.54) is 0 Å². The SMILES string of the molecule is Cc1nn2c(c1-c1ccc(Br)cc1)N=C(c1ccco1)C[C@@H]2c1ccccn1. The molecule has 0 unspecified atom stereocenters. The average Bonchev–Trinajstić information content (AvgIpc) is 3.36. The quantitative estimate of drug-likeness (QED) is 0.415. The fourth-order valence-corrected chi connectivity index (χ4v) is 3.92. The fourth-order valence-electron chi connectivity index (χ4n) is 3.66. The summed E-state index contributed by atoms with van der Waals surface area (Å²) in [7, 11) is 0. The summed E-state index contributed by atoms with van der Waals surface area (Å²) in [6.45, 7) is 2.03. The van der Waals surface area contributed by atoms with Crippen LogP contribution in [0.5, 0.6) is 0 Å². The summed E-state index contributed by atoms with van der Waals surface area (Å²) in [4.78, 5) is 9.55. The van der Waals surface area contributed by atoms with Gasteiger partial charge >= 0.3 is 0 Å². The van der Waals surface area contributed by atoms with Gasteiger partial charge in [0.05, 0.1) is 23.4 Å². The highest BCUT2D eigenvalue weighted by atomic mass is 79.9. The molecular weight excluding hydrogens is 416 g/mol. The summed E-state index contributed by atoms with van der Waals surface area (Å²) in [6, 6.07) is 18.0. The zero-order valence-electron chi connectivity index (χ0n) is 15.2. The van der Waals surface area contributed by atoms with Crippen molar-refractivity contribution in [2.45, 2.75) is 19.4 Å². The minimum absolute atomic E-state index is 0.0308. The molecule has 28 heavy (non-hydrogen) atoms. The first-order valence-electron chi connectivity index (χ1n) is 9.08. The Bertz CT molecular complexity index is 1150. The molecule has 0 radical (unpaired) electrons. The summed E-state index contributed by atoms with van der Waals surface area (Å²) < 4.78 is 8.70. The summed E-state index contributed by atoms with van der Waals surface area (Å²) >= 11 is 3.51. The number of aromatic nitrogens is 3. The van der Waals surface area contributed by atoms with E-state index in [1.807, 2.05) is 60.3 Å². The summed E-state index contributed by atoms with van der Waals surface area (Å²) in [5, 5.41) is 4.85. The number of furan rings is 1. The van der Waals surface area contributed by atoms with Gasteiger partial charge in [-0.25, -0.2) is 9.67 Å². The minimum Gasteiger partial charge on any atom is -0.463 e. The first kappa shape index (κ1) is 17.1. The van der Waals surface area contributed by atoms with Gasteiger partial charge in [0.15, 0.2) is 5.82 Å². The van der Waals surface area contributed by atoms with Crippen molar-refractivity contribution >= 4 is 27.5 Å². The lowest BCUT2D eigenvalue weighted by atomic mass is 10.0. The van der Waals surface area contributed by atoms with Crippen LogP contribution in [0.3, 0.4) is 0 Å². The molecule has 3 aromatic heterocycles. The van der Waals surface area contributed by atoms with Gasteiger partial charge in [0, 0.05) is 22.7 Å². The summed E-state index contributed by atoms with van der Waals surface area (Å²) in [5.74, 6) is 1.63. The van der Waals surface area contributed by atoms with Crippen LogP contribution in [0.25, 0.3) is 11.1 Å². The minimum atomic E-state index is -0.0308. The average molecular weight is 433 g/mol. The number of hydrogen-bond acceptors (Lipinski definition) is 4. The van der Waals surface area contributed by atoms with E-state index < -0.39 is 0 Å². The van der Waals surface area contributed by atoms with Crippen LogP contribution >= 0.6 is 15.9 Å². The van der Waals surface area contributed by atoms with Crippen molar-refractivity contribution in [3.8, 4) is 11.1 Å². The molecule has 0 spiro atoms. The van der Waals surface area contributed by atoms with Gasteiger partial charge in [-0.3, -0.25) is 4.98 Å². The molecule has 5 rings (SSSR count). The number of nitrogens with zero attached hydrogens (tertiary/aromatic N) is 4. The second kappa shape index (κ2) is 6.87. The number of halogens is 1. The number of rotatable bonds is 3. The van der Waals surface area contributed by atoms with E-state index in [1.54, 1.807) is 6.26 Å². The Labute approximate surface area is 170 Å². The smallest absolute Gasteiger partial charge is 0.159 e. The maximum absolute atomic E-state index is 5.65. The molecule has 1 aromatic carbocycles.